The lowest BCUT2D eigenvalue weighted by atomic mass is 10.1. The summed E-state index contributed by atoms with van der Waals surface area (Å²) in [6.07, 6.45) is 8.68. The summed E-state index contributed by atoms with van der Waals surface area (Å²) < 4.78 is 0. The molecule has 0 amide bonds. The molecule has 1 fully saturated rings. The SMILES string of the molecule is CCCCCC=CC1C(C)(C)C1(Cl)C(=O)O. The van der Waals surface area contributed by atoms with Crippen LogP contribution in [-0.4, -0.2) is 16.0 Å². The topological polar surface area (TPSA) is 37.3 Å². The molecule has 2 nitrogen and oxygen atoms in total. The second-order valence-corrected chi connectivity index (χ2v) is 5.74. The van der Waals surface area contributed by atoms with E-state index < -0.39 is 10.8 Å². The first-order chi connectivity index (χ1) is 7.39. The number of allylic oxidation sites excluding steroid dienone is 2. The molecule has 0 aromatic rings. The molecule has 1 aliphatic carbocycles. The zero-order chi connectivity index (χ0) is 12.4. The fourth-order valence-electron chi connectivity index (χ4n) is 2.28. The Bertz CT molecular complexity index is 296. The number of carboxylic acid groups (broad SMARTS) is 1. The standard InChI is InChI=1S/C13H21ClO2/c1-4-5-6-7-8-9-10-12(2,3)13(10,14)11(15)16/h8-10H,4-7H2,1-3H3,(H,15,16). The van der Waals surface area contributed by atoms with Crippen LogP contribution in [0.1, 0.15) is 46.5 Å². The number of hydrogen-bond donors (Lipinski definition) is 1. The summed E-state index contributed by atoms with van der Waals surface area (Å²) in [6, 6.07) is 0. The van der Waals surface area contributed by atoms with Crippen molar-refractivity contribution in [3.05, 3.63) is 12.2 Å². The molecule has 2 unspecified atom stereocenters. The number of hydrogen-bond acceptors (Lipinski definition) is 1. The van der Waals surface area contributed by atoms with E-state index in [9.17, 15) is 4.79 Å². The van der Waals surface area contributed by atoms with Gasteiger partial charge in [0.25, 0.3) is 0 Å². The van der Waals surface area contributed by atoms with Crippen molar-refractivity contribution in [2.75, 3.05) is 0 Å². The van der Waals surface area contributed by atoms with Gasteiger partial charge in [-0.3, -0.25) is 4.79 Å². The maximum Gasteiger partial charge on any atom is 0.325 e. The van der Waals surface area contributed by atoms with Gasteiger partial charge in [-0.05, 0) is 12.8 Å². The Kier molecular flexibility index (Phi) is 4.06. The first-order valence-electron chi connectivity index (χ1n) is 5.98. The molecule has 0 saturated heterocycles. The summed E-state index contributed by atoms with van der Waals surface area (Å²) in [7, 11) is 0. The molecule has 2 atom stereocenters. The first-order valence-corrected chi connectivity index (χ1v) is 6.35. The third-order valence-corrected chi connectivity index (χ3v) is 4.56. The molecule has 3 heteroatoms. The summed E-state index contributed by atoms with van der Waals surface area (Å²) in [6.45, 7) is 5.99. The monoisotopic (exact) mass is 244 g/mol. The van der Waals surface area contributed by atoms with E-state index in [0.29, 0.717) is 0 Å². The van der Waals surface area contributed by atoms with E-state index in [1.165, 1.54) is 19.3 Å². The minimum absolute atomic E-state index is 0.0409. The molecule has 16 heavy (non-hydrogen) atoms. The minimum atomic E-state index is -1.09. The van der Waals surface area contributed by atoms with Crippen molar-refractivity contribution in [2.45, 2.75) is 51.3 Å². The molecule has 0 bridgehead atoms. The van der Waals surface area contributed by atoms with Crippen LogP contribution in [0.2, 0.25) is 0 Å². The van der Waals surface area contributed by atoms with Crippen LogP contribution in [0.4, 0.5) is 0 Å². The molecule has 0 spiro atoms. The van der Waals surface area contributed by atoms with Gasteiger partial charge in [-0.15, -0.1) is 11.6 Å². The van der Waals surface area contributed by atoms with E-state index in [4.69, 9.17) is 16.7 Å². The average Bonchev–Trinajstić information content (AvgIpc) is 2.64. The predicted octanol–water partition coefficient (Wildman–Crippen LogP) is 3.84. The normalized spacial score (nSPS) is 31.9. The minimum Gasteiger partial charge on any atom is -0.480 e. The van der Waals surface area contributed by atoms with Gasteiger partial charge >= 0.3 is 5.97 Å². The van der Waals surface area contributed by atoms with Crippen LogP contribution in [0.15, 0.2) is 12.2 Å². The molecular formula is C13H21ClO2. The molecular weight excluding hydrogens is 224 g/mol. The highest BCUT2D eigenvalue weighted by Crippen LogP contribution is 2.66. The lowest BCUT2D eigenvalue weighted by Gasteiger charge is -2.03. The Morgan fingerprint density at radius 3 is 2.50 bits per heavy atom. The Morgan fingerprint density at radius 1 is 1.44 bits per heavy atom. The highest BCUT2D eigenvalue weighted by atomic mass is 35.5. The molecule has 92 valence electrons. The summed E-state index contributed by atoms with van der Waals surface area (Å²) in [5, 5.41) is 9.09. The Morgan fingerprint density at radius 2 is 2.06 bits per heavy atom. The van der Waals surface area contributed by atoms with E-state index in [1.807, 2.05) is 19.9 Å². The number of alkyl halides is 1. The quantitative estimate of drug-likeness (QED) is 0.438. The lowest BCUT2D eigenvalue weighted by molar-refractivity contribution is -0.138. The zero-order valence-corrected chi connectivity index (χ0v) is 11.0. The highest BCUT2D eigenvalue weighted by Gasteiger charge is 2.74. The predicted molar refractivity (Wildman–Crippen MR) is 66.8 cm³/mol. The third-order valence-electron chi connectivity index (χ3n) is 3.67. The molecule has 1 rings (SSSR count). The molecule has 0 aromatic carbocycles. The Hall–Kier alpha value is -0.500. The summed E-state index contributed by atoms with van der Waals surface area (Å²) >= 11 is 6.13. The van der Waals surface area contributed by atoms with Gasteiger partial charge in [-0.25, -0.2) is 0 Å². The molecule has 0 radical (unpaired) electrons. The van der Waals surface area contributed by atoms with Gasteiger partial charge in [-0.1, -0.05) is 45.8 Å². The Balaban J connectivity index is 2.48. The van der Waals surface area contributed by atoms with Crippen molar-refractivity contribution in [3.63, 3.8) is 0 Å². The lowest BCUT2D eigenvalue weighted by Crippen LogP contribution is -2.21. The average molecular weight is 245 g/mol. The fourth-order valence-corrected chi connectivity index (χ4v) is 2.68. The van der Waals surface area contributed by atoms with Crippen molar-refractivity contribution < 1.29 is 9.90 Å². The van der Waals surface area contributed by atoms with E-state index in [1.54, 1.807) is 0 Å². The van der Waals surface area contributed by atoms with Gasteiger partial charge in [0.15, 0.2) is 4.87 Å². The highest BCUT2D eigenvalue weighted by molar-refractivity contribution is 6.37. The van der Waals surface area contributed by atoms with Gasteiger partial charge in [0.2, 0.25) is 0 Å². The maximum absolute atomic E-state index is 11.1. The largest absolute Gasteiger partial charge is 0.480 e. The molecule has 0 heterocycles. The van der Waals surface area contributed by atoms with Gasteiger partial charge in [0.05, 0.1) is 0 Å². The number of carboxylic acids is 1. The maximum atomic E-state index is 11.1. The molecule has 1 saturated carbocycles. The molecule has 0 aliphatic heterocycles. The van der Waals surface area contributed by atoms with Crippen LogP contribution in [0.25, 0.3) is 0 Å². The number of aliphatic carboxylic acids is 1. The third kappa shape index (κ3) is 2.13. The Labute approximate surface area is 103 Å². The smallest absolute Gasteiger partial charge is 0.325 e. The van der Waals surface area contributed by atoms with Crippen molar-refractivity contribution in [3.8, 4) is 0 Å². The van der Waals surface area contributed by atoms with Crippen molar-refractivity contribution in [2.24, 2.45) is 11.3 Å². The van der Waals surface area contributed by atoms with Gasteiger partial charge in [0, 0.05) is 11.3 Å². The summed E-state index contributed by atoms with van der Waals surface area (Å²) in [4.78, 5) is 9.99. The van der Waals surface area contributed by atoms with Gasteiger partial charge < -0.3 is 5.11 Å². The summed E-state index contributed by atoms with van der Waals surface area (Å²) in [5.41, 5.74) is -0.332. The van der Waals surface area contributed by atoms with Gasteiger partial charge in [0.1, 0.15) is 0 Å². The first kappa shape index (κ1) is 13.6. The second-order valence-electron chi connectivity index (χ2n) is 5.14. The van der Waals surface area contributed by atoms with Crippen LogP contribution >= 0.6 is 11.6 Å². The van der Waals surface area contributed by atoms with E-state index in [-0.39, 0.29) is 11.3 Å². The van der Waals surface area contributed by atoms with Crippen molar-refractivity contribution >= 4 is 17.6 Å². The number of carbonyl (C=O) groups is 1. The van der Waals surface area contributed by atoms with Crippen LogP contribution in [0.5, 0.6) is 0 Å². The summed E-state index contributed by atoms with van der Waals surface area (Å²) in [5.74, 6) is -0.942. The number of rotatable bonds is 6. The van der Waals surface area contributed by atoms with Crippen LogP contribution in [-0.2, 0) is 4.79 Å². The molecule has 0 aromatic heterocycles. The van der Waals surface area contributed by atoms with Crippen molar-refractivity contribution in [1.29, 1.82) is 0 Å². The number of unbranched alkanes of at least 4 members (excludes halogenated alkanes) is 3. The van der Waals surface area contributed by atoms with Crippen LogP contribution in [0.3, 0.4) is 0 Å². The van der Waals surface area contributed by atoms with Crippen molar-refractivity contribution in [1.82, 2.24) is 0 Å². The second kappa shape index (κ2) is 4.79. The van der Waals surface area contributed by atoms with Crippen LogP contribution in [0, 0.1) is 11.3 Å². The zero-order valence-electron chi connectivity index (χ0n) is 10.3. The fraction of sp³-hybridized carbons (Fsp3) is 0.769. The van der Waals surface area contributed by atoms with E-state index in [0.717, 1.165) is 6.42 Å². The van der Waals surface area contributed by atoms with E-state index >= 15 is 0 Å². The van der Waals surface area contributed by atoms with E-state index in [2.05, 4.69) is 13.0 Å². The van der Waals surface area contributed by atoms with Crippen LogP contribution < -0.4 is 0 Å². The molecule has 1 aliphatic rings. The number of halogens is 1. The molecule has 1 N–H and O–H groups in total. The van der Waals surface area contributed by atoms with Gasteiger partial charge in [-0.2, -0.15) is 0 Å².